The van der Waals surface area contributed by atoms with Crippen LogP contribution in [-0.4, -0.2) is 85.0 Å². The first-order chi connectivity index (χ1) is 17.2. The van der Waals surface area contributed by atoms with Gasteiger partial charge < -0.3 is 9.80 Å². The Kier molecular flexibility index (Phi) is 8.51. The Hall–Kier alpha value is -2.65. The number of anilines is 1. The van der Waals surface area contributed by atoms with Gasteiger partial charge in [-0.3, -0.25) is 19.6 Å². The van der Waals surface area contributed by atoms with Gasteiger partial charge in [0.15, 0.2) is 0 Å². The van der Waals surface area contributed by atoms with Crippen molar-refractivity contribution in [2.45, 2.75) is 38.0 Å². The molecule has 1 aromatic heterocycles. The zero-order chi connectivity index (χ0) is 25.7. The van der Waals surface area contributed by atoms with E-state index >= 15 is 0 Å². The molecule has 2 aromatic rings. The maximum Gasteiger partial charge on any atom is 0.416 e. The molecular formula is C27H36F3N5O. The summed E-state index contributed by atoms with van der Waals surface area (Å²) in [5, 5.41) is 0. The van der Waals surface area contributed by atoms with Crippen LogP contribution in [-0.2, 0) is 17.5 Å². The van der Waals surface area contributed by atoms with E-state index in [1.165, 1.54) is 12.1 Å². The number of likely N-dealkylation sites (tertiary alicyclic amines) is 1. The van der Waals surface area contributed by atoms with Crippen LogP contribution >= 0.6 is 0 Å². The fraction of sp³-hybridized carbons (Fsp3) is 0.556. The number of piperazine rings is 1. The first kappa shape index (κ1) is 26.4. The number of carbonyl (C=O) groups excluding carboxylic acids is 1. The van der Waals surface area contributed by atoms with Crippen molar-refractivity contribution in [1.29, 1.82) is 0 Å². The highest BCUT2D eigenvalue weighted by Crippen LogP contribution is 2.33. The van der Waals surface area contributed by atoms with E-state index in [1.807, 2.05) is 29.3 Å². The molecule has 0 radical (unpaired) electrons. The minimum absolute atomic E-state index is 0.143. The van der Waals surface area contributed by atoms with E-state index in [2.05, 4.69) is 14.8 Å². The summed E-state index contributed by atoms with van der Waals surface area (Å²) >= 11 is 0. The molecular weight excluding hydrogens is 467 g/mol. The molecule has 2 aliphatic heterocycles. The quantitative estimate of drug-likeness (QED) is 0.572. The molecule has 9 heteroatoms. The largest absolute Gasteiger partial charge is 0.416 e. The second kappa shape index (κ2) is 11.6. The lowest BCUT2D eigenvalue weighted by molar-refractivity contribution is -0.137. The van der Waals surface area contributed by atoms with Crippen LogP contribution in [0.5, 0.6) is 0 Å². The van der Waals surface area contributed by atoms with E-state index in [9.17, 15) is 18.0 Å². The van der Waals surface area contributed by atoms with Crippen molar-refractivity contribution < 1.29 is 18.0 Å². The van der Waals surface area contributed by atoms with Crippen LogP contribution < -0.4 is 4.90 Å². The number of amides is 1. The van der Waals surface area contributed by atoms with Gasteiger partial charge in [0, 0.05) is 84.3 Å². The summed E-state index contributed by atoms with van der Waals surface area (Å²) in [7, 11) is 3.59. The molecule has 2 aliphatic rings. The van der Waals surface area contributed by atoms with Gasteiger partial charge in [-0.15, -0.1) is 0 Å². The fourth-order valence-electron chi connectivity index (χ4n) is 5.45. The summed E-state index contributed by atoms with van der Waals surface area (Å²) in [4.78, 5) is 25.4. The summed E-state index contributed by atoms with van der Waals surface area (Å²) < 4.78 is 39.5. The smallest absolute Gasteiger partial charge is 0.369 e. The van der Waals surface area contributed by atoms with Crippen molar-refractivity contribution in [2.75, 3.05) is 58.3 Å². The van der Waals surface area contributed by atoms with E-state index in [4.69, 9.17) is 0 Å². The van der Waals surface area contributed by atoms with Crippen molar-refractivity contribution in [2.24, 2.45) is 5.92 Å². The van der Waals surface area contributed by atoms with Crippen LogP contribution in [0.4, 0.5) is 18.9 Å². The molecule has 2 fully saturated rings. The molecule has 0 N–H and O–H groups in total. The maximum absolute atomic E-state index is 13.2. The van der Waals surface area contributed by atoms with Crippen molar-refractivity contribution in [1.82, 2.24) is 19.7 Å². The van der Waals surface area contributed by atoms with Gasteiger partial charge in [0.1, 0.15) is 0 Å². The lowest BCUT2D eigenvalue weighted by atomic mass is 9.86. The Balaban J connectivity index is 1.40. The zero-order valence-electron chi connectivity index (χ0n) is 21.1. The summed E-state index contributed by atoms with van der Waals surface area (Å²) in [6.45, 7) is 5.67. The third-order valence-electron chi connectivity index (χ3n) is 7.44. The lowest BCUT2D eigenvalue weighted by Crippen LogP contribution is -2.56. The van der Waals surface area contributed by atoms with Gasteiger partial charge in [0.25, 0.3) is 0 Å². The Morgan fingerprint density at radius 1 is 1.06 bits per heavy atom. The van der Waals surface area contributed by atoms with Crippen LogP contribution in [0, 0.1) is 5.92 Å². The molecule has 0 unspecified atom stereocenters. The van der Waals surface area contributed by atoms with Crippen molar-refractivity contribution in [3.8, 4) is 0 Å². The molecule has 0 saturated carbocycles. The maximum atomic E-state index is 13.2. The standard InChI is InChI=1S/C27H36F3N5O/c1-32(2)26(36)10-9-21-19-33(20-23-7-3-4-12-31-23)13-11-25(21)35-16-14-34(15-17-35)24-8-5-6-22(18-24)27(28,29)30/h3-8,12,18,21,25H,9-11,13-17,19-20H2,1-2H3/t21-,25+/m0/s1. The molecule has 6 nitrogen and oxygen atoms in total. The van der Waals surface area contributed by atoms with Crippen molar-refractivity contribution in [3.63, 3.8) is 0 Å². The molecule has 36 heavy (non-hydrogen) atoms. The first-order valence-corrected chi connectivity index (χ1v) is 12.7. The van der Waals surface area contributed by atoms with Crippen LogP contribution in [0.1, 0.15) is 30.5 Å². The summed E-state index contributed by atoms with van der Waals surface area (Å²) in [6, 6.07) is 12.0. The van der Waals surface area contributed by atoms with Gasteiger partial charge in [-0.05, 0) is 49.1 Å². The van der Waals surface area contributed by atoms with Crippen molar-refractivity contribution in [3.05, 3.63) is 59.9 Å². The average molecular weight is 504 g/mol. The van der Waals surface area contributed by atoms with E-state index in [1.54, 1.807) is 25.1 Å². The third-order valence-corrected chi connectivity index (χ3v) is 7.44. The molecule has 0 bridgehead atoms. The molecule has 1 amide bonds. The normalized spacial score (nSPS) is 22.0. The third kappa shape index (κ3) is 6.76. The highest BCUT2D eigenvalue weighted by molar-refractivity contribution is 5.75. The minimum Gasteiger partial charge on any atom is -0.369 e. The van der Waals surface area contributed by atoms with Crippen LogP contribution in [0.25, 0.3) is 0 Å². The Labute approximate surface area is 211 Å². The van der Waals surface area contributed by atoms with Gasteiger partial charge in [-0.25, -0.2) is 0 Å². The fourth-order valence-corrected chi connectivity index (χ4v) is 5.45. The molecule has 2 atom stereocenters. The zero-order valence-corrected chi connectivity index (χ0v) is 21.1. The molecule has 1 aromatic carbocycles. The molecule has 4 rings (SSSR count). The molecule has 0 aliphatic carbocycles. The summed E-state index contributed by atoms with van der Waals surface area (Å²) in [6.07, 6.45) is -0.154. The van der Waals surface area contributed by atoms with Crippen molar-refractivity contribution >= 4 is 11.6 Å². The predicted molar refractivity (Wildman–Crippen MR) is 135 cm³/mol. The van der Waals surface area contributed by atoms with Gasteiger partial charge >= 0.3 is 6.18 Å². The Bertz CT molecular complexity index is 992. The number of hydrogen-bond acceptors (Lipinski definition) is 5. The van der Waals surface area contributed by atoms with Gasteiger partial charge in [-0.2, -0.15) is 13.2 Å². The number of alkyl halides is 3. The number of pyridine rings is 1. The second-order valence-corrected chi connectivity index (χ2v) is 10.1. The van der Waals surface area contributed by atoms with E-state index < -0.39 is 11.7 Å². The number of benzene rings is 1. The number of rotatable bonds is 7. The van der Waals surface area contributed by atoms with Gasteiger partial charge in [-0.1, -0.05) is 12.1 Å². The number of halogens is 3. The number of piperidine rings is 1. The number of aromatic nitrogens is 1. The van der Waals surface area contributed by atoms with Crippen LogP contribution in [0.2, 0.25) is 0 Å². The number of hydrogen-bond donors (Lipinski definition) is 0. The number of nitrogens with zero attached hydrogens (tertiary/aromatic N) is 5. The highest BCUT2D eigenvalue weighted by Gasteiger charge is 2.36. The number of carbonyl (C=O) groups is 1. The SMILES string of the molecule is CN(C)C(=O)CC[C@H]1CN(Cc2ccccn2)CC[C@H]1N1CCN(c2cccc(C(F)(F)F)c2)CC1. The van der Waals surface area contributed by atoms with Gasteiger partial charge in [0.05, 0.1) is 11.3 Å². The molecule has 2 saturated heterocycles. The minimum atomic E-state index is -4.34. The summed E-state index contributed by atoms with van der Waals surface area (Å²) in [5.74, 6) is 0.497. The van der Waals surface area contributed by atoms with Crippen LogP contribution in [0.15, 0.2) is 48.7 Å². The second-order valence-electron chi connectivity index (χ2n) is 10.1. The van der Waals surface area contributed by atoms with E-state index in [0.29, 0.717) is 37.2 Å². The average Bonchev–Trinajstić information content (AvgIpc) is 2.87. The monoisotopic (exact) mass is 503 g/mol. The molecule has 3 heterocycles. The summed E-state index contributed by atoms with van der Waals surface area (Å²) in [5.41, 5.74) is 1.07. The highest BCUT2D eigenvalue weighted by atomic mass is 19.4. The molecule has 0 spiro atoms. The predicted octanol–water partition coefficient (Wildman–Crippen LogP) is 3.98. The van der Waals surface area contributed by atoms with Gasteiger partial charge in [0.2, 0.25) is 5.91 Å². The topological polar surface area (TPSA) is 42.9 Å². The van der Waals surface area contributed by atoms with E-state index in [-0.39, 0.29) is 5.91 Å². The van der Waals surface area contributed by atoms with Crippen LogP contribution in [0.3, 0.4) is 0 Å². The first-order valence-electron chi connectivity index (χ1n) is 12.7. The van der Waals surface area contributed by atoms with E-state index in [0.717, 1.165) is 57.3 Å². The Morgan fingerprint density at radius 3 is 2.50 bits per heavy atom. The molecule has 196 valence electrons. The Morgan fingerprint density at radius 2 is 1.83 bits per heavy atom. The lowest BCUT2D eigenvalue weighted by Gasteiger charge is -2.47.